The van der Waals surface area contributed by atoms with Crippen molar-refractivity contribution in [2.45, 2.75) is 19.5 Å². The van der Waals surface area contributed by atoms with E-state index in [4.69, 9.17) is 0 Å². The predicted octanol–water partition coefficient (Wildman–Crippen LogP) is 5.21. The molecule has 0 saturated heterocycles. The summed E-state index contributed by atoms with van der Waals surface area (Å²) in [6.07, 6.45) is 6.66. The molecule has 0 saturated carbocycles. The van der Waals surface area contributed by atoms with Crippen LogP contribution < -0.4 is 4.68 Å². The highest BCUT2D eigenvalue weighted by Crippen LogP contribution is 2.32. The molecular formula is C24H25N2+. The Hall–Kier alpha value is -3.13. The molecule has 2 aromatic carbocycles. The Labute approximate surface area is 156 Å². The largest absolute Gasteiger partial charge is 0.243 e. The fraction of sp³-hybridized carbons (Fsp3) is 0.125. The molecule has 1 heterocycles. The van der Waals surface area contributed by atoms with Crippen LogP contribution in [0.15, 0.2) is 98.6 Å². The molecule has 0 fully saturated rings. The number of allylic oxidation sites excluding steroid dienone is 3. The molecule has 1 aromatic heterocycles. The molecular weight excluding hydrogens is 316 g/mol. The Bertz CT molecular complexity index is 831. The molecule has 0 radical (unpaired) electrons. The number of aromatic nitrogens is 2. The Balaban J connectivity index is 2.40. The lowest BCUT2D eigenvalue weighted by atomic mass is 9.99. The normalized spacial score (nSPS) is 10.5. The summed E-state index contributed by atoms with van der Waals surface area (Å²) >= 11 is 0. The van der Waals surface area contributed by atoms with E-state index in [0.29, 0.717) is 0 Å². The van der Waals surface area contributed by atoms with Crippen LogP contribution in [0.2, 0.25) is 0 Å². The topological polar surface area (TPSA) is 8.81 Å². The van der Waals surface area contributed by atoms with Crippen molar-refractivity contribution in [2.24, 2.45) is 0 Å². The summed E-state index contributed by atoms with van der Waals surface area (Å²) < 4.78 is 4.59. The van der Waals surface area contributed by atoms with Crippen LogP contribution in [-0.2, 0) is 19.5 Å². The minimum atomic E-state index is 0.731. The predicted molar refractivity (Wildman–Crippen MR) is 110 cm³/mol. The van der Waals surface area contributed by atoms with Gasteiger partial charge in [-0.2, -0.15) is 0 Å². The third kappa shape index (κ3) is 3.31. The first-order valence-corrected chi connectivity index (χ1v) is 8.90. The van der Waals surface area contributed by atoms with Gasteiger partial charge in [-0.05, 0) is 24.6 Å². The second-order valence-corrected chi connectivity index (χ2v) is 6.14. The molecule has 0 bridgehead atoms. The van der Waals surface area contributed by atoms with E-state index in [1.807, 2.05) is 30.4 Å². The van der Waals surface area contributed by atoms with Crippen molar-refractivity contribution in [3.05, 3.63) is 104 Å². The van der Waals surface area contributed by atoms with Gasteiger partial charge in [0.1, 0.15) is 5.69 Å². The van der Waals surface area contributed by atoms with Crippen molar-refractivity contribution in [3.8, 4) is 22.5 Å². The molecule has 0 spiro atoms. The van der Waals surface area contributed by atoms with Crippen molar-refractivity contribution in [1.82, 2.24) is 4.68 Å². The third-order valence-corrected chi connectivity index (χ3v) is 4.43. The third-order valence-electron chi connectivity index (χ3n) is 4.43. The lowest BCUT2D eigenvalue weighted by Gasteiger charge is -2.06. The van der Waals surface area contributed by atoms with E-state index >= 15 is 0 Å². The van der Waals surface area contributed by atoms with E-state index in [1.54, 1.807) is 0 Å². The molecule has 2 nitrogen and oxygen atoms in total. The standard InChI is InChI=1S/C24H25N2/c1-4-13-22-23(20-14-9-7-10-15-20)25(18-5-2)26(19-6-3)24(22)21-16-11-8-12-17-21/h4-12,14-17H,1-3,13,18-19H2/q+1. The highest BCUT2D eigenvalue weighted by Gasteiger charge is 2.30. The van der Waals surface area contributed by atoms with Crippen LogP contribution in [0.1, 0.15) is 5.56 Å². The summed E-state index contributed by atoms with van der Waals surface area (Å²) in [7, 11) is 0. The van der Waals surface area contributed by atoms with Gasteiger partial charge in [0.15, 0.2) is 6.54 Å². The fourth-order valence-electron chi connectivity index (χ4n) is 3.47. The van der Waals surface area contributed by atoms with E-state index in [1.165, 1.54) is 28.1 Å². The smallest absolute Gasteiger partial charge is 0.148 e. The average molecular weight is 341 g/mol. The van der Waals surface area contributed by atoms with Crippen LogP contribution >= 0.6 is 0 Å². The summed E-state index contributed by atoms with van der Waals surface area (Å²) in [5.41, 5.74) is 6.11. The highest BCUT2D eigenvalue weighted by atomic mass is 15.4. The van der Waals surface area contributed by atoms with Crippen LogP contribution in [0, 0.1) is 0 Å². The van der Waals surface area contributed by atoms with E-state index in [-0.39, 0.29) is 0 Å². The van der Waals surface area contributed by atoms with Gasteiger partial charge in [0.2, 0.25) is 5.69 Å². The Morgan fingerprint density at radius 2 is 1.38 bits per heavy atom. The van der Waals surface area contributed by atoms with Gasteiger partial charge < -0.3 is 0 Å². The van der Waals surface area contributed by atoms with Gasteiger partial charge in [-0.3, -0.25) is 0 Å². The maximum atomic E-state index is 4.00. The fourth-order valence-corrected chi connectivity index (χ4v) is 3.47. The number of nitrogens with zero attached hydrogens (tertiary/aromatic N) is 2. The van der Waals surface area contributed by atoms with Crippen LogP contribution in [0.4, 0.5) is 0 Å². The first-order chi connectivity index (χ1) is 12.8. The quantitative estimate of drug-likeness (QED) is 0.393. The molecule has 130 valence electrons. The number of benzene rings is 2. The van der Waals surface area contributed by atoms with E-state index < -0.39 is 0 Å². The van der Waals surface area contributed by atoms with Crippen molar-refractivity contribution < 1.29 is 4.68 Å². The molecule has 26 heavy (non-hydrogen) atoms. The van der Waals surface area contributed by atoms with Gasteiger partial charge >= 0.3 is 0 Å². The van der Waals surface area contributed by atoms with Gasteiger partial charge in [0.25, 0.3) is 0 Å². The highest BCUT2D eigenvalue weighted by molar-refractivity contribution is 5.73. The minimum absolute atomic E-state index is 0.731. The molecule has 0 N–H and O–H groups in total. The molecule has 3 rings (SSSR count). The lowest BCUT2D eigenvalue weighted by Crippen LogP contribution is -2.44. The van der Waals surface area contributed by atoms with Gasteiger partial charge in [0.05, 0.1) is 12.1 Å². The second kappa shape index (κ2) is 8.30. The van der Waals surface area contributed by atoms with Crippen LogP contribution in [0.5, 0.6) is 0 Å². The molecule has 0 atom stereocenters. The second-order valence-electron chi connectivity index (χ2n) is 6.14. The molecule has 0 aliphatic heterocycles. The van der Waals surface area contributed by atoms with E-state index in [0.717, 1.165) is 19.5 Å². The molecule has 0 amide bonds. The van der Waals surface area contributed by atoms with Crippen molar-refractivity contribution in [3.63, 3.8) is 0 Å². The first-order valence-electron chi connectivity index (χ1n) is 8.90. The summed E-state index contributed by atoms with van der Waals surface area (Å²) in [5, 5.41) is 0. The van der Waals surface area contributed by atoms with Gasteiger partial charge in [-0.15, -0.1) is 22.5 Å². The Morgan fingerprint density at radius 1 is 0.769 bits per heavy atom. The van der Waals surface area contributed by atoms with Gasteiger partial charge in [0, 0.05) is 11.1 Å². The van der Waals surface area contributed by atoms with Gasteiger partial charge in [-0.25, -0.2) is 0 Å². The number of rotatable bonds is 8. The SMILES string of the molecule is C=CCc1c(-c2ccccc2)n(CC=C)[n+](CC=C)c1-c1ccccc1. The monoisotopic (exact) mass is 341 g/mol. The minimum Gasteiger partial charge on any atom is -0.148 e. The summed E-state index contributed by atoms with van der Waals surface area (Å²) in [6, 6.07) is 21.1. The molecule has 2 heteroatoms. The zero-order valence-corrected chi connectivity index (χ0v) is 15.1. The lowest BCUT2D eigenvalue weighted by molar-refractivity contribution is -0.755. The van der Waals surface area contributed by atoms with Crippen LogP contribution in [0.25, 0.3) is 22.5 Å². The maximum absolute atomic E-state index is 4.00. The summed E-state index contributed by atoms with van der Waals surface area (Å²) in [6.45, 7) is 13.4. The summed E-state index contributed by atoms with van der Waals surface area (Å²) in [5.74, 6) is 0. The van der Waals surface area contributed by atoms with Crippen LogP contribution in [0.3, 0.4) is 0 Å². The molecule has 0 unspecified atom stereocenters. The van der Waals surface area contributed by atoms with E-state index in [9.17, 15) is 0 Å². The average Bonchev–Trinajstić information content (AvgIpc) is 2.97. The van der Waals surface area contributed by atoms with E-state index in [2.05, 4.69) is 77.6 Å². The van der Waals surface area contributed by atoms with Crippen molar-refractivity contribution >= 4 is 0 Å². The molecule has 3 aromatic rings. The van der Waals surface area contributed by atoms with Crippen molar-refractivity contribution in [2.75, 3.05) is 0 Å². The first kappa shape index (κ1) is 17.7. The van der Waals surface area contributed by atoms with Crippen molar-refractivity contribution in [1.29, 1.82) is 0 Å². The zero-order chi connectivity index (χ0) is 18.4. The number of hydrogen-bond acceptors (Lipinski definition) is 0. The van der Waals surface area contributed by atoms with Crippen LogP contribution in [-0.4, -0.2) is 4.68 Å². The zero-order valence-electron chi connectivity index (χ0n) is 15.1. The number of hydrogen-bond donors (Lipinski definition) is 0. The summed E-state index contributed by atoms with van der Waals surface area (Å²) in [4.78, 5) is 0. The molecule has 0 aliphatic rings. The Kier molecular flexibility index (Phi) is 5.65. The Morgan fingerprint density at radius 3 is 1.92 bits per heavy atom. The van der Waals surface area contributed by atoms with Gasteiger partial charge in [-0.1, -0.05) is 67.3 Å². The molecule has 0 aliphatic carbocycles. The maximum Gasteiger partial charge on any atom is 0.243 e.